The van der Waals surface area contributed by atoms with Gasteiger partial charge in [0.15, 0.2) is 5.65 Å². The van der Waals surface area contributed by atoms with Crippen LogP contribution in [0.25, 0.3) is 22.4 Å². The molecule has 3 aliphatic rings. The molecule has 178 valence electrons. The molecule has 9 nitrogen and oxygen atoms in total. The Kier molecular flexibility index (Phi) is 5.36. The van der Waals surface area contributed by atoms with E-state index in [2.05, 4.69) is 4.90 Å². The summed E-state index contributed by atoms with van der Waals surface area (Å²) in [6.45, 7) is 4.55. The van der Waals surface area contributed by atoms with E-state index in [1.807, 2.05) is 42.1 Å². The Bertz CT molecular complexity index is 1190. The van der Waals surface area contributed by atoms with Crippen LogP contribution in [0, 0.1) is 17.8 Å². The number of esters is 1. The lowest BCUT2D eigenvalue weighted by atomic mass is 10.1. The smallest absolute Gasteiger partial charge is 0.309 e. The zero-order chi connectivity index (χ0) is 23.2. The molecular weight excluding hydrogens is 434 g/mol. The van der Waals surface area contributed by atoms with E-state index in [0.717, 1.165) is 67.1 Å². The van der Waals surface area contributed by atoms with Gasteiger partial charge in [0, 0.05) is 25.3 Å². The maximum atomic E-state index is 12.2. The zero-order valence-corrected chi connectivity index (χ0v) is 19.5. The molecule has 0 amide bonds. The molecule has 0 spiro atoms. The Morgan fingerprint density at radius 2 is 1.94 bits per heavy atom. The van der Waals surface area contributed by atoms with Crippen LogP contribution in [0.4, 0.5) is 5.95 Å². The number of aromatic nitrogens is 4. The van der Waals surface area contributed by atoms with Crippen molar-refractivity contribution < 1.29 is 19.0 Å². The van der Waals surface area contributed by atoms with Crippen LogP contribution in [0.2, 0.25) is 0 Å². The van der Waals surface area contributed by atoms with E-state index in [1.165, 1.54) is 0 Å². The summed E-state index contributed by atoms with van der Waals surface area (Å²) in [7, 11) is 1.66. The van der Waals surface area contributed by atoms with Gasteiger partial charge in [-0.15, -0.1) is 0 Å². The fourth-order valence-electron chi connectivity index (χ4n) is 5.43. The molecule has 0 radical (unpaired) electrons. The summed E-state index contributed by atoms with van der Waals surface area (Å²) in [5, 5.41) is 0. The molecule has 9 heteroatoms. The highest BCUT2D eigenvalue weighted by Crippen LogP contribution is 2.53. The molecule has 0 N–H and O–H groups in total. The molecule has 1 saturated carbocycles. The average molecular weight is 464 g/mol. The number of methoxy groups -OCH3 is 1. The molecule has 3 unspecified atom stereocenters. The molecule has 6 rings (SSSR count). The predicted molar refractivity (Wildman–Crippen MR) is 125 cm³/mol. The Balaban J connectivity index is 1.37. The molecule has 1 aliphatic carbocycles. The predicted octanol–water partition coefficient (Wildman–Crippen LogP) is 3.45. The van der Waals surface area contributed by atoms with Crippen molar-refractivity contribution in [1.82, 2.24) is 19.5 Å². The molecule has 2 saturated heterocycles. The van der Waals surface area contributed by atoms with Crippen LogP contribution in [-0.2, 0) is 14.3 Å². The molecule has 4 heterocycles. The number of piperidine rings is 1. The number of hydrogen-bond acceptors (Lipinski definition) is 8. The van der Waals surface area contributed by atoms with Crippen LogP contribution >= 0.6 is 0 Å². The van der Waals surface area contributed by atoms with Crippen LogP contribution in [-0.4, -0.2) is 58.9 Å². The first-order valence-corrected chi connectivity index (χ1v) is 12.1. The van der Waals surface area contributed by atoms with E-state index < -0.39 is 0 Å². The highest BCUT2D eigenvalue weighted by molar-refractivity contribution is 5.88. The number of imidazole rings is 1. The van der Waals surface area contributed by atoms with Gasteiger partial charge < -0.3 is 19.1 Å². The number of benzene rings is 1. The van der Waals surface area contributed by atoms with Crippen LogP contribution in [0.15, 0.2) is 30.6 Å². The largest absolute Gasteiger partial charge is 0.497 e. The Morgan fingerprint density at radius 1 is 1.15 bits per heavy atom. The van der Waals surface area contributed by atoms with Gasteiger partial charge in [0.25, 0.3) is 0 Å². The van der Waals surface area contributed by atoms with Gasteiger partial charge in [-0.3, -0.25) is 9.36 Å². The van der Waals surface area contributed by atoms with Gasteiger partial charge in [-0.1, -0.05) is 0 Å². The van der Waals surface area contributed by atoms with E-state index >= 15 is 0 Å². The molecule has 34 heavy (non-hydrogen) atoms. The van der Waals surface area contributed by atoms with Gasteiger partial charge in [0.1, 0.15) is 23.2 Å². The normalized spacial score (nSPS) is 25.9. The van der Waals surface area contributed by atoms with Crippen LogP contribution in [0.1, 0.15) is 32.4 Å². The first-order chi connectivity index (χ1) is 16.7. The van der Waals surface area contributed by atoms with Crippen molar-refractivity contribution in [2.24, 2.45) is 17.8 Å². The summed E-state index contributed by atoms with van der Waals surface area (Å²) in [4.78, 5) is 29.0. The van der Waals surface area contributed by atoms with Crippen molar-refractivity contribution >= 4 is 23.1 Å². The van der Waals surface area contributed by atoms with E-state index in [4.69, 9.17) is 29.2 Å². The van der Waals surface area contributed by atoms with Gasteiger partial charge >= 0.3 is 5.97 Å². The van der Waals surface area contributed by atoms with Gasteiger partial charge in [-0.05, 0) is 62.3 Å². The first-order valence-electron chi connectivity index (χ1n) is 12.1. The Labute approximate surface area is 198 Å². The number of hydrogen-bond donors (Lipinski definition) is 0. The second-order valence-electron chi connectivity index (χ2n) is 9.26. The van der Waals surface area contributed by atoms with Gasteiger partial charge in [0.2, 0.25) is 5.95 Å². The Morgan fingerprint density at radius 3 is 2.62 bits per heavy atom. The third-order valence-electron chi connectivity index (χ3n) is 7.27. The monoisotopic (exact) mass is 463 g/mol. The lowest BCUT2D eigenvalue weighted by molar-refractivity contribution is -0.145. The SMILES string of the molecule is CCOC(=O)C1C2CN(c3nc(-c4ccc(OC)cc4)c4ncn(C5CCCCO5)c4n3)CC21. The number of ether oxygens (including phenoxy) is 3. The minimum absolute atomic E-state index is 0.0159. The van der Waals surface area contributed by atoms with E-state index in [-0.39, 0.29) is 18.1 Å². The molecule has 1 aromatic carbocycles. The second-order valence-corrected chi connectivity index (χ2v) is 9.26. The minimum Gasteiger partial charge on any atom is -0.497 e. The third kappa shape index (κ3) is 3.58. The van der Waals surface area contributed by atoms with Crippen LogP contribution in [0.5, 0.6) is 5.75 Å². The summed E-state index contributed by atoms with van der Waals surface area (Å²) in [5.41, 5.74) is 3.29. The average Bonchev–Trinajstić information content (AvgIpc) is 3.19. The summed E-state index contributed by atoms with van der Waals surface area (Å²) < 4.78 is 18.7. The number of nitrogens with zero attached hydrogens (tertiary/aromatic N) is 5. The van der Waals surface area contributed by atoms with E-state index in [1.54, 1.807) is 7.11 Å². The van der Waals surface area contributed by atoms with Gasteiger partial charge in [-0.25, -0.2) is 9.97 Å². The minimum atomic E-state index is -0.0695. The first kappa shape index (κ1) is 21.3. The second kappa shape index (κ2) is 8.54. The van der Waals surface area contributed by atoms with Crippen molar-refractivity contribution in [2.45, 2.75) is 32.4 Å². The van der Waals surface area contributed by atoms with Crippen LogP contribution in [0.3, 0.4) is 0 Å². The fraction of sp³-hybridized carbons (Fsp3) is 0.520. The molecule has 0 bridgehead atoms. The number of rotatable bonds is 6. The van der Waals surface area contributed by atoms with Gasteiger partial charge in [0.05, 0.1) is 26.0 Å². The summed E-state index contributed by atoms with van der Waals surface area (Å²) in [5.74, 6) is 2.04. The molecular formula is C25H29N5O4. The molecule has 3 atom stereocenters. The Hall–Kier alpha value is -3.20. The van der Waals surface area contributed by atoms with E-state index in [0.29, 0.717) is 24.4 Å². The van der Waals surface area contributed by atoms with Crippen molar-refractivity contribution in [1.29, 1.82) is 0 Å². The van der Waals surface area contributed by atoms with E-state index in [9.17, 15) is 4.79 Å². The number of carbonyl (C=O) groups is 1. The van der Waals surface area contributed by atoms with Crippen LogP contribution < -0.4 is 9.64 Å². The molecule has 3 fully saturated rings. The lowest BCUT2D eigenvalue weighted by Crippen LogP contribution is -2.28. The molecule has 2 aromatic heterocycles. The van der Waals surface area contributed by atoms with Crippen molar-refractivity contribution in [3.8, 4) is 17.0 Å². The highest BCUT2D eigenvalue weighted by atomic mass is 16.5. The van der Waals surface area contributed by atoms with Gasteiger partial charge in [-0.2, -0.15) is 4.98 Å². The standard InChI is InChI=1S/C25H29N5O4/c1-3-33-24(31)20-17-12-29(13-18(17)20)25-27-21(15-7-9-16(32-2)10-8-15)22-23(28-25)30(14-26-22)19-6-4-5-11-34-19/h7-10,14,17-20H,3-6,11-13H2,1-2H3. The lowest BCUT2D eigenvalue weighted by Gasteiger charge is -2.24. The summed E-state index contributed by atoms with van der Waals surface area (Å²) in [6, 6.07) is 7.86. The third-order valence-corrected chi connectivity index (χ3v) is 7.27. The zero-order valence-electron chi connectivity index (χ0n) is 19.5. The summed E-state index contributed by atoms with van der Waals surface area (Å²) in [6.07, 6.45) is 4.91. The summed E-state index contributed by atoms with van der Waals surface area (Å²) >= 11 is 0. The fourth-order valence-corrected chi connectivity index (χ4v) is 5.43. The van der Waals surface area contributed by atoms with Crippen molar-refractivity contribution in [2.75, 3.05) is 38.3 Å². The van der Waals surface area contributed by atoms with Crippen molar-refractivity contribution in [3.05, 3.63) is 30.6 Å². The highest BCUT2D eigenvalue weighted by Gasteiger charge is 2.60. The number of anilines is 1. The number of carbonyl (C=O) groups excluding carboxylic acids is 1. The van der Waals surface area contributed by atoms with Crippen molar-refractivity contribution in [3.63, 3.8) is 0 Å². The topological polar surface area (TPSA) is 91.6 Å². The number of fused-ring (bicyclic) bond motifs is 2. The maximum absolute atomic E-state index is 12.2. The molecule has 2 aliphatic heterocycles. The molecule has 3 aromatic rings. The maximum Gasteiger partial charge on any atom is 0.309 e. The quantitative estimate of drug-likeness (QED) is 0.514.